The number of para-hydroxylation sites is 1. The van der Waals surface area contributed by atoms with Crippen molar-refractivity contribution in [3.63, 3.8) is 0 Å². The number of carbonyl (C=O) groups excluding carboxylic acids is 1. The molecule has 1 aromatic rings. The van der Waals surface area contributed by atoms with Crippen LogP contribution in [-0.2, 0) is 4.79 Å². The van der Waals surface area contributed by atoms with Crippen LogP contribution >= 0.6 is 11.8 Å². The Bertz CT molecular complexity index is 410. The van der Waals surface area contributed by atoms with Gasteiger partial charge in [-0.15, -0.1) is 0 Å². The summed E-state index contributed by atoms with van der Waals surface area (Å²) in [6.07, 6.45) is 5.86. The number of thioether (sulfide) groups is 1. The van der Waals surface area contributed by atoms with Crippen LogP contribution in [0.1, 0.15) is 19.3 Å². The highest BCUT2D eigenvalue weighted by atomic mass is 32.2. The Morgan fingerprint density at radius 2 is 2.11 bits per heavy atom. The predicted molar refractivity (Wildman–Crippen MR) is 82.6 cm³/mol. The van der Waals surface area contributed by atoms with Gasteiger partial charge < -0.3 is 5.32 Å². The van der Waals surface area contributed by atoms with Gasteiger partial charge in [-0.2, -0.15) is 11.8 Å². The summed E-state index contributed by atoms with van der Waals surface area (Å²) in [6, 6.07) is 10.2. The van der Waals surface area contributed by atoms with E-state index in [1.807, 2.05) is 42.1 Å². The summed E-state index contributed by atoms with van der Waals surface area (Å²) in [7, 11) is 2.05. The third kappa shape index (κ3) is 4.25. The molecule has 0 aliphatic heterocycles. The van der Waals surface area contributed by atoms with Crippen molar-refractivity contribution in [1.29, 1.82) is 0 Å². The van der Waals surface area contributed by atoms with Crippen molar-refractivity contribution in [1.82, 2.24) is 4.90 Å². The quantitative estimate of drug-likeness (QED) is 0.899. The van der Waals surface area contributed by atoms with Crippen molar-refractivity contribution in [2.75, 3.05) is 25.2 Å². The molecule has 1 amide bonds. The maximum Gasteiger partial charge on any atom is 0.238 e. The lowest BCUT2D eigenvalue weighted by Gasteiger charge is -2.23. The lowest BCUT2D eigenvalue weighted by atomic mass is 10.2. The monoisotopic (exact) mass is 278 g/mol. The van der Waals surface area contributed by atoms with Gasteiger partial charge >= 0.3 is 0 Å². The number of benzene rings is 1. The first kappa shape index (κ1) is 14.4. The first-order valence-corrected chi connectivity index (χ1v) is 8.05. The Morgan fingerprint density at radius 1 is 1.37 bits per heavy atom. The van der Waals surface area contributed by atoms with E-state index < -0.39 is 0 Å². The molecule has 0 unspecified atom stereocenters. The first-order chi connectivity index (χ1) is 9.19. The Kier molecular flexibility index (Phi) is 5.28. The second-order valence-electron chi connectivity index (χ2n) is 5.15. The van der Waals surface area contributed by atoms with Crippen molar-refractivity contribution < 1.29 is 4.79 Å². The molecule has 1 saturated carbocycles. The molecule has 0 heterocycles. The van der Waals surface area contributed by atoms with Gasteiger partial charge in [-0.05, 0) is 44.7 Å². The zero-order chi connectivity index (χ0) is 13.7. The van der Waals surface area contributed by atoms with Crippen LogP contribution < -0.4 is 5.32 Å². The van der Waals surface area contributed by atoms with Crippen molar-refractivity contribution in [2.24, 2.45) is 0 Å². The largest absolute Gasteiger partial charge is 0.325 e. The molecular formula is C15H22N2OS. The van der Waals surface area contributed by atoms with E-state index in [9.17, 15) is 4.79 Å². The van der Waals surface area contributed by atoms with Crippen LogP contribution in [-0.4, -0.2) is 41.9 Å². The molecule has 3 nitrogen and oxygen atoms in total. The van der Waals surface area contributed by atoms with Crippen LogP contribution in [0.25, 0.3) is 0 Å². The summed E-state index contributed by atoms with van der Waals surface area (Å²) in [5.74, 6) is 0.0706. The summed E-state index contributed by atoms with van der Waals surface area (Å²) >= 11 is 1.95. The molecule has 104 valence electrons. The van der Waals surface area contributed by atoms with Crippen molar-refractivity contribution in [2.45, 2.75) is 30.6 Å². The predicted octanol–water partition coefficient (Wildman–Crippen LogP) is 2.84. The Labute approximate surface area is 119 Å². The summed E-state index contributed by atoms with van der Waals surface area (Å²) in [5.41, 5.74) is 0.870. The number of hydrogen-bond donors (Lipinski definition) is 1. The SMILES string of the molecule is CS[C@H]1CC[C@H](N(C)CC(=O)Nc2ccccc2)C1. The highest BCUT2D eigenvalue weighted by molar-refractivity contribution is 7.99. The molecule has 1 N–H and O–H groups in total. The fourth-order valence-electron chi connectivity index (χ4n) is 2.61. The smallest absolute Gasteiger partial charge is 0.238 e. The molecule has 2 rings (SSSR count). The zero-order valence-electron chi connectivity index (χ0n) is 11.6. The van der Waals surface area contributed by atoms with Crippen molar-refractivity contribution >= 4 is 23.4 Å². The van der Waals surface area contributed by atoms with Crippen molar-refractivity contribution in [3.05, 3.63) is 30.3 Å². The summed E-state index contributed by atoms with van der Waals surface area (Å²) in [5, 5.41) is 3.70. The highest BCUT2D eigenvalue weighted by Gasteiger charge is 2.27. The zero-order valence-corrected chi connectivity index (χ0v) is 12.5. The second kappa shape index (κ2) is 6.96. The molecule has 4 heteroatoms. The number of nitrogens with zero attached hydrogens (tertiary/aromatic N) is 1. The van der Waals surface area contributed by atoms with Crippen LogP contribution in [0, 0.1) is 0 Å². The summed E-state index contributed by atoms with van der Waals surface area (Å²) in [4.78, 5) is 14.2. The fourth-order valence-corrected chi connectivity index (χ4v) is 3.40. The van der Waals surface area contributed by atoms with Gasteiger partial charge in [0, 0.05) is 17.0 Å². The lowest BCUT2D eigenvalue weighted by Crippen LogP contribution is -2.36. The standard InChI is InChI=1S/C15H22N2OS/c1-17(13-8-9-14(10-13)19-2)11-15(18)16-12-6-4-3-5-7-12/h3-7,13-14H,8-11H2,1-2H3,(H,16,18)/t13-,14-/m0/s1. The van der Waals surface area contributed by atoms with Gasteiger partial charge in [0.05, 0.1) is 6.54 Å². The molecule has 0 spiro atoms. The second-order valence-corrected chi connectivity index (χ2v) is 6.29. The van der Waals surface area contributed by atoms with E-state index in [-0.39, 0.29) is 5.91 Å². The minimum atomic E-state index is 0.0706. The van der Waals surface area contributed by atoms with Gasteiger partial charge in [0.25, 0.3) is 0 Å². The Hall–Kier alpha value is -1.00. The molecule has 0 saturated heterocycles. The average molecular weight is 278 g/mol. The molecule has 19 heavy (non-hydrogen) atoms. The van der Waals surface area contributed by atoms with Gasteiger partial charge in [-0.3, -0.25) is 9.69 Å². The molecule has 1 fully saturated rings. The van der Waals surface area contributed by atoms with Gasteiger partial charge in [0.15, 0.2) is 0 Å². The summed E-state index contributed by atoms with van der Waals surface area (Å²) < 4.78 is 0. The minimum absolute atomic E-state index is 0.0706. The van der Waals surface area contributed by atoms with E-state index in [1.165, 1.54) is 19.3 Å². The number of hydrogen-bond acceptors (Lipinski definition) is 3. The van der Waals surface area contributed by atoms with Crippen LogP contribution in [0.2, 0.25) is 0 Å². The normalized spacial score (nSPS) is 22.7. The number of anilines is 1. The van der Waals surface area contributed by atoms with E-state index in [0.717, 1.165) is 10.9 Å². The van der Waals surface area contributed by atoms with Crippen LogP contribution in [0.4, 0.5) is 5.69 Å². The van der Waals surface area contributed by atoms with Gasteiger partial charge in [-0.25, -0.2) is 0 Å². The average Bonchev–Trinajstić information content (AvgIpc) is 2.88. The van der Waals surface area contributed by atoms with E-state index in [2.05, 4.69) is 23.5 Å². The molecule has 1 aliphatic rings. The number of carbonyl (C=O) groups is 1. The maximum absolute atomic E-state index is 12.0. The number of rotatable bonds is 5. The molecule has 0 radical (unpaired) electrons. The van der Waals surface area contributed by atoms with Gasteiger partial charge in [0.2, 0.25) is 5.91 Å². The third-order valence-corrected chi connectivity index (χ3v) is 4.86. The summed E-state index contributed by atoms with van der Waals surface area (Å²) in [6.45, 7) is 0.473. The molecule has 1 aromatic carbocycles. The van der Waals surface area contributed by atoms with Crippen LogP contribution in [0.5, 0.6) is 0 Å². The van der Waals surface area contributed by atoms with Crippen LogP contribution in [0.3, 0.4) is 0 Å². The van der Waals surface area contributed by atoms with E-state index in [0.29, 0.717) is 12.6 Å². The van der Waals surface area contributed by atoms with Gasteiger partial charge in [-0.1, -0.05) is 18.2 Å². The Balaban J connectivity index is 1.79. The van der Waals surface area contributed by atoms with E-state index in [4.69, 9.17) is 0 Å². The molecule has 2 atom stereocenters. The van der Waals surface area contributed by atoms with E-state index >= 15 is 0 Å². The number of likely N-dealkylation sites (N-methyl/N-ethyl adjacent to an activating group) is 1. The molecule has 0 aromatic heterocycles. The minimum Gasteiger partial charge on any atom is -0.325 e. The number of nitrogens with one attached hydrogen (secondary N) is 1. The van der Waals surface area contributed by atoms with Crippen LogP contribution in [0.15, 0.2) is 30.3 Å². The molecule has 1 aliphatic carbocycles. The number of amides is 1. The topological polar surface area (TPSA) is 32.3 Å². The first-order valence-electron chi connectivity index (χ1n) is 6.77. The van der Waals surface area contributed by atoms with E-state index in [1.54, 1.807) is 0 Å². The highest BCUT2D eigenvalue weighted by Crippen LogP contribution is 2.30. The fraction of sp³-hybridized carbons (Fsp3) is 0.533. The lowest BCUT2D eigenvalue weighted by molar-refractivity contribution is -0.117. The van der Waals surface area contributed by atoms with Gasteiger partial charge in [0.1, 0.15) is 0 Å². The molecule has 0 bridgehead atoms. The molecular weight excluding hydrogens is 256 g/mol. The maximum atomic E-state index is 12.0. The Morgan fingerprint density at radius 3 is 2.74 bits per heavy atom. The van der Waals surface area contributed by atoms with Crippen molar-refractivity contribution in [3.8, 4) is 0 Å². The third-order valence-electron chi connectivity index (χ3n) is 3.76.